The number of hydrogen-bond donors (Lipinski definition) is 2. The molecule has 2 rings (SSSR count). The number of aromatic carboxylic acids is 1. The van der Waals surface area contributed by atoms with E-state index in [1.165, 1.54) is 18.9 Å². The van der Waals surface area contributed by atoms with Gasteiger partial charge in [-0.2, -0.15) is 0 Å². The Labute approximate surface area is 105 Å². The number of carbonyl (C=O) groups is 2. The van der Waals surface area contributed by atoms with Crippen LogP contribution < -0.4 is 5.32 Å². The quantitative estimate of drug-likeness (QED) is 0.859. The number of rotatable bonds is 4. The summed E-state index contributed by atoms with van der Waals surface area (Å²) in [5.41, 5.74) is -0.00520. The molecule has 1 saturated carbocycles. The van der Waals surface area contributed by atoms with Crippen molar-refractivity contribution in [2.24, 2.45) is 11.8 Å². The Kier molecular flexibility index (Phi) is 3.69. The largest absolute Gasteiger partial charge is 0.478 e. The third kappa shape index (κ3) is 2.72. The molecule has 2 N–H and O–H groups in total. The number of carboxylic acid groups (broad SMARTS) is 1. The predicted octanol–water partition coefficient (Wildman–Crippen LogP) is 2.14. The topological polar surface area (TPSA) is 79.5 Å². The van der Waals surface area contributed by atoms with Crippen molar-refractivity contribution in [3.63, 3.8) is 0 Å². The Morgan fingerprint density at radius 2 is 2.28 bits per heavy atom. The summed E-state index contributed by atoms with van der Waals surface area (Å²) >= 11 is 0. The number of carbonyl (C=O) groups excluding carboxylic acids is 1. The summed E-state index contributed by atoms with van der Waals surface area (Å²) in [5.74, 6) is -0.235. The number of nitrogens with one attached hydrogen (secondary N) is 1. The number of carboxylic acids is 1. The highest BCUT2D eigenvalue weighted by molar-refractivity contribution is 5.95. The van der Waals surface area contributed by atoms with E-state index in [0.717, 1.165) is 12.7 Å². The summed E-state index contributed by atoms with van der Waals surface area (Å²) in [7, 11) is 0. The molecule has 0 spiro atoms. The van der Waals surface area contributed by atoms with Gasteiger partial charge >= 0.3 is 5.97 Å². The van der Waals surface area contributed by atoms with Gasteiger partial charge < -0.3 is 14.8 Å². The molecule has 98 valence electrons. The van der Waals surface area contributed by atoms with Crippen molar-refractivity contribution in [1.82, 2.24) is 5.32 Å². The molecule has 1 heterocycles. The maximum atomic E-state index is 11.7. The number of amides is 1. The van der Waals surface area contributed by atoms with Gasteiger partial charge in [-0.1, -0.05) is 19.8 Å². The lowest BCUT2D eigenvalue weighted by Gasteiger charge is -2.15. The first-order chi connectivity index (χ1) is 8.58. The third-order valence-electron chi connectivity index (χ3n) is 3.63. The molecule has 0 aliphatic heterocycles. The van der Waals surface area contributed by atoms with Crippen LogP contribution in [0.4, 0.5) is 0 Å². The average molecular weight is 251 g/mol. The van der Waals surface area contributed by atoms with Gasteiger partial charge in [-0.05, 0) is 18.3 Å². The SMILES string of the molecule is CC1CCCC1CNC(=O)c1cc(C(=O)O)co1. The van der Waals surface area contributed by atoms with Crippen LogP contribution in [-0.4, -0.2) is 23.5 Å². The molecule has 5 nitrogen and oxygen atoms in total. The Morgan fingerprint density at radius 1 is 1.50 bits per heavy atom. The third-order valence-corrected chi connectivity index (χ3v) is 3.63. The molecular weight excluding hydrogens is 234 g/mol. The van der Waals surface area contributed by atoms with Crippen LogP contribution in [0.5, 0.6) is 0 Å². The van der Waals surface area contributed by atoms with Gasteiger partial charge in [0.25, 0.3) is 5.91 Å². The molecule has 0 radical (unpaired) electrons. The van der Waals surface area contributed by atoms with E-state index in [1.807, 2.05) is 0 Å². The van der Waals surface area contributed by atoms with Crippen LogP contribution in [0.15, 0.2) is 16.7 Å². The van der Waals surface area contributed by atoms with E-state index in [0.29, 0.717) is 18.4 Å². The second-order valence-electron chi connectivity index (χ2n) is 4.88. The lowest BCUT2D eigenvalue weighted by Crippen LogP contribution is -2.30. The van der Waals surface area contributed by atoms with Crippen LogP contribution in [-0.2, 0) is 0 Å². The van der Waals surface area contributed by atoms with Crippen molar-refractivity contribution in [2.45, 2.75) is 26.2 Å². The van der Waals surface area contributed by atoms with Gasteiger partial charge in [0.05, 0.1) is 5.56 Å². The minimum absolute atomic E-state index is 0.00520. The Morgan fingerprint density at radius 3 is 2.83 bits per heavy atom. The lowest BCUT2D eigenvalue weighted by molar-refractivity contribution is 0.0696. The van der Waals surface area contributed by atoms with E-state index < -0.39 is 5.97 Å². The fourth-order valence-corrected chi connectivity index (χ4v) is 2.40. The molecule has 1 aromatic heterocycles. The summed E-state index contributed by atoms with van der Waals surface area (Å²) in [4.78, 5) is 22.4. The minimum Gasteiger partial charge on any atom is -0.478 e. The maximum Gasteiger partial charge on any atom is 0.338 e. The van der Waals surface area contributed by atoms with Crippen LogP contribution in [0, 0.1) is 11.8 Å². The molecule has 1 aliphatic rings. The van der Waals surface area contributed by atoms with E-state index in [-0.39, 0.29) is 17.2 Å². The van der Waals surface area contributed by atoms with Crippen LogP contribution >= 0.6 is 0 Å². The zero-order chi connectivity index (χ0) is 13.1. The minimum atomic E-state index is -1.10. The Bertz CT molecular complexity index is 452. The first kappa shape index (κ1) is 12.7. The molecule has 1 fully saturated rings. The van der Waals surface area contributed by atoms with Crippen molar-refractivity contribution >= 4 is 11.9 Å². The van der Waals surface area contributed by atoms with Gasteiger partial charge in [0.2, 0.25) is 0 Å². The van der Waals surface area contributed by atoms with Crippen LogP contribution in [0.25, 0.3) is 0 Å². The van der Waals surface area contributed by atoms with E-state index in [9.17, 15) is 9.59 Å². The molecular formula is C13H17NO4. The highest BCUT2D eigenvalue weighted by atomic mass is 16.4. The highest BCUT2D eigenvalue weighted by Crippen LogP contribution is 2.30. The van der Waals surface area contributed by atoms with Gasteiger partial charge in [0, 0.05) is 12.6 Å². The van der Waals surface area contributed by atoms with Gasteiger partial charge in [-0.15, -0.1) is 0 Å². The molecule has 1 aliphatic carbocycles. The predicted molar refractivity (Wildman–Crippen MR) is 64.5 cm³/mol. The van der Waals surface area contributed by atoms with Crippen LogP contribution in [0.2, 0.25) is 0 Å². The first-order valence-corrected chi connectivity index (χ1v) is 6.18. The van der Waals surface area contributed by atoms with Crippen LogP contribution in [0.3, 0.4) is 0 Å². The monoisotopic (exact) mass is 251 g/mol. The summed E-state index contributed by atoms with van der Waals surface area (Å²) in [5, 5.41) is 11.5. The van der Waals surface area contributed by atoms with Gasteiger partial charge in [0.15, 0.2) is 5.76 Å². The summed E-state index contributed by atoms with van der Waals surface area (Å²) in [6.07, 6.45) is 4.64. The van der Waals surface area contributed by atoms with Crippen molar-refractivity contribution < 1.29 is 19.1 Å². The Balaban J connectivity index is 1.89. The Hall–Kier alpha value is -1.78. The zero-order valence-corrected chi connectivity index (χ0v) is 10.3. The summed E-state index contributed by atoms with van der Waals surface area (Å²) in [6, 6.07) is 1.25. The van der Waals surface area contributed by atoms with E-state index in [4.69, 9.17) is 9.52 Å². The van der Waals surface area contributed by atoms with Crippen molar-refractivity contribution in [2.75, 3.05) is 6.54 Å². The molecule has 2 atom stereocenters. The average Bonchev–Trinajstić information content (AvgIpc) is 2.94. The van der Waals surface area contributed by atoms with Crippen molar-refractivity contribution in [3.05, 3.63) is 23.7 Å². The smallest absolute Gasteiger partial charge is 0.338 e. The number of hydrogen-bond acceptors (Lipinski definition) is 3. The molecule has 5 heteroatoms. The van der Waals surface area contributed by atoms with Gasteiger partial charge in [-0.25, -0.2) is 4.79 Å². The van der Waals surface area contributed by atoms with Crippen molar-refractivity contribution in [1.29, 1.82) is 0 Å². The van der Waals surface area contributed by atoms with Gasteiger partial charge in [0.1, 0.15) is 6.26 Å². The maximum absolute atomic E-state index is 11.7. The molecule has 0 aromatic carbocycles. The molecule has 2 unspecified atom stereocenters. The van der Waals surface area contributed by atoms with Crippen molar-refractivity contribution in [3.8, 4) is 0 Å². The lowest BCUT2D eigenvalue weighted by atomic mass is 9.98. The number of furan rings is 1. The normalized spacial score (nSPS) is 22.9. The second kappa shape index (κ2) is 5.25. The highest BCUT2D eigenvalue weighted by Gasteiger charge is 2.24. The molecule has 18 heavy (non-hydrogen) atoms. The molecule has 1 amide bonds. The molecule has 1 aromatic rings. The zero-order valence-electron chi connectivity index (χ0n) is 10.3. The summed E-state index contributed by atoms with van der Waals surface area (Å²) < 4.78 is 4.94. The first-order valence-electron chi connectivity index (χ1n) is 6.18. The van der Waals surface area contributed by atoms with Crippen LogP contribution in [0.1, 0.15) is 47.1 Å². The van der Waals surface area contributed by atoms with E-state index in [1.54, 1.807) is 0 Å². The van der Waals surface area contributed by atoms with Gasteiger partial charge in [-0.3, -0.25) is 4.79 Å². The van der Waals surface area contributed by atoms with E-state index in [2.05, 4.69) is 12.2 Å². The standard InChI is InChI=1S/C13H17NO4/c1-8-3-2-4-9(8)6-14-12(15)11-5-10(7-18-11)13(16)17/h5,7-9H,2-4,6H2,1H3,(H,14,15)(H,16,17). The molecule has 0 saturated heterocycles. The fourth-order valence-electron chi connectivity index (χ4n) is 2.40. The van der Waals surface area contributed by atoms with E-state index >= 15 is 0 Å². The second-order valence-corrected chi connectivity index (χ2v) is 4.88. The summed E-state index contributed by atoms with van der Waals surface area (Å²) in [6.45, 7) is 2.82. The fraction of sp³-hybridized carbons (Fsp3) is 0.538. The molecule has 0 bridgehead atoms.